The molecule has 0 aromatic heterocycles. The van der Waals surface area contributed by atoms with Crippen molar-refractivity contribution < 1.29 is 0 Å². The van der Waals surface area contributed by atoms with Crippen LogP contribution in [0.5, 0.6) is 0 Å². The highest BCUT2D eigenvalue weighted by Gasteiger charge is 2.06. The Bertz CT molecular complexity index is 315. The molecular weight excluding hydrogens is 228 g/mol. The van der Waals surface area contributed by atoms with Gasteiger partial charge in [-0.1, -0.05) is 32.0 Å². The van der Waals surface area contributed by atoms with E-state index in [9.17, 15) is 0 Å². The van der Waals surface area contributed by atoms with E-state index in [0.717, 1.165) is 25.3 Å². The summed E-state index contributed by atoms with van der Waals surface area (Å²) in [6, 6.07) is 8.18. The van der Waals surface area contributed by atoms with Crippen LogP contribution in [0.3, 0.4) is 0 Å². The van der Waals surface area contributed by atoms with E-state index in [1.807, 2.05) is 23.9 Å². The second-order valence-corrected chi connectivity index (χ2v) is 5.57. The van der Waals surface area contributed by atoms with E-state index in [1.165, 1.54) is 23.5 Å². The van der Waals surface area contributed by atoms with Crippen molar-refractivity contribution in [3.63, 3.8) is 0 Å². The summed E-state index contributed by atoms with van der Waals surface area (Å²) in [5, 5.41) is 0. The summed E-state index contributed by atoms with van der Waals surface area (Å²) < 4.78 is 0. The van der Waals surface area contributed by atoms with Crippen LogP contribution in [0.2, 0.25) is 0 Å². The summed E-state index contributed by atoms with van der Waals surface area (Å²) >= 11 is 2.00. The molecule has 1 aromatic rings. The first-order valence-corrected chi connectivity index (χ1v) is 7.56. The van der Waals surface area contributed by atoms with Crippen molar-refractivity contribution in [1.82, 2.24) is 4.90 Å². The van der Waals surface area contributed by atoms with E-state index in [-0.39, 0.29) is 0 Å². The Morgan fingerprint density at radius 2 is 1.94 bits per heavy atom. The van der Waals surface area contributed by atoms with Crippen LogP contribution in [0.1, 0.15) is 25.8 Å². The zero-order valence-electron chi connectivity index (χ0n) is 11.0. The number of benzene rings is 1. The van der Waals surface area contributed by atoms with Gasteiger partial charge in [-0.3, -0.25) is 4.90 Å². The molecule has 3 heteroatoms. The number of rotatable bonds is 8. The number of thioether (sulfide) groups is 1. The monoisotopic (exact) mass is 252 g/mol. The number of nitrogen functional groups attached to an aromatic ring is 1. The van der Waals surface area contributed by atoms with Crippen molar-refractivity contribution in [3.8, 4) is 0 Å². The summed E-state index contributed by atoms with van der Waals surface area (Å²) in [7, 11) is 0. The highest BCUT2D eigenvalue weighted by atomic mass is 32.2. The fourth-order valence-electron chi connectivity index (χ4n) is 1.84. The van der Waals surface area contributed by atoms with E-state index in [1.54, 1.807) is 0 Å². The zero-order chi connectivity index (χ0) is 12.5. The van der Waals surface area contributed by atoms with Gasteiger partial charge >= 0.3 is 0 Å². The summed E-state index contributed by atoms with van der Waals surface area (Å²) in [6.07, 6.45) is 1.20. The molecule has 2 nitrogen and oxygen atoms in total. The standard InChI is InChI=1S/C14H24N2S/c1-3-9-16(10-11-17-4-2)12-13-7-5-6-8-14(13)15/h5-8H,3-4,9-12,15H2,1-2H3. The number of hydrogen-bond acceptors (Lipinski definition) is 3. The first kappa shape index (κ1) is 14.4. The molecule has 0 fully saturated rings. The minimum atomic E-state index is 0.914. The number of nitrogens with two attached hydrogens (primary N) is 1. The van der Waals surface area contributed by atoms with Crippen molar-refractivity contribution in [3.05, 3.63) is 29.8 Å². The van der Waals surface area contributed by atoms with Crippen molar-refractivity contribution >= 4 is 17.4 Å². The molecule has 0 radical (unpaired) electrons. The smallest absolute Gasteiger partial charge is 0.0359 e. The minimum Gasteiger partial charge on any atom is -0.398 e. The molecule has 0 aliphatic carbocycles. The Labute approximate surface area is 110 Å². The van der Waals surface area contributed by atoms with Crippen molar-refractivity contribution in [2.45, 2.75) is 26.8 Å². The summed E-state index contributed by atoms with van der Waals surface area (Å²) in [6.45, 7) is 7.72. The maximum Gasteiger partial charge on any atom is 0.0359 e. The first-order valence-electron chi connectivity index (χ1n) is 6.41. The Morgan fingerprint density at radius 1 is 1.18 bits per heavy atom. The van der Waals surface area contributed by atoms with Crippen molar-refractivity contribution in [1.29, 1.82) is 0 Å². The quantitative estimate of drug-likeness (QED) is 0.569. The van der Waals surface area contributed by atoms with Crippen LogP contribution < -0.4 is 5.73 Å². The summed E-state index contributed by atoms with van der Waals surface area (Å²) in [4.78, 5) is 2.49. The molecule has 0 aliphatic heterocycles. The first-order chi connectivity index (χ1) is 8.27. The highest BCUT2D eigenvalue weighted by Crippen LogP contribution is 2.14. The third-order valence-electron chi connectivity index (χ3n) is 2.74. The molecule has 0 amide bonds. The lowest BCUT2D eigenvalue weighted by Gasteiger charge is -2.22. The molecule has 0 heterocycles. The number of para-hydroxylation sites is 1. The fraction of sp³-hybridized carbons (Fsp3) is 0.571. The van der Waals surface area contributed by atoms with Crippen LogP contribution in [-0.4, -0.2) is 29.5 Å². The van der Waals surface area contributed by atoms with E-state index in [2.05, 4.69) is 30.9 Å². The second-order valence-electron chi connectivity index (χ2n) is 4.17. The van der Waals surface area contributed by atoms with Crippen LogP contribution >= 0.6 is 11.8 Å². The normalized spacial score (nSPS) is 11.0. The van der Waals surface area contributed by atoms with E-state index < -0.39 is 0 Å². The van der Waals surface area contributed by atoms with Gasteiger partial charge in [0.1, 0.15) is 0 Å². The lowest BCUT2D eigenvalue weighted by molar-refractivity contribution is 0.283. The number of anilines is 1. The van der Waals surface area contributed by atoms with Gasteiger partial charge in [0.15, 0.2) is 0 Å². The Kier molecular flexibility index (Phi) is 7.13. The molecule has 96 valence electrons. The second kappa shape index (κ2) is 8.43. The molecule has 0 saturated heterocycles. The van der Waals surface area contributed by atoms with Crippen LogP contribution in [-0.2, 0) is 6.54 Å². The molecule has 0 aliphatic rings. The number of hydrogen-bond donors (Lipinski definition) is 1. The van der Waals surface area contributed by atoms with Gasteiger partial charge < -0.3 is 5.73 Å². The number of nitrogens with zero attached hydrogens (tertiary/aromatic N) is 1. The molecule has 0 saturated carbocycles. The van der Waals surface area contributed by atoms with E-state index in [0.29, 0.717) is 0 Å². The molecule has 1 rings (SSSR count). The van der Waals surface area contributed by atoms with E-state index in [4.69, 9.17) is 5.73 Å². The third-order valence-corrected chi connectivity index (χ3v) is 3.62. The lowest BCUT2D eigenvalue weighted by atomic mass is 10.1. The fourth-order valence-corrected chi connectivity index (χ4v) is 2.52. The molecular formula is C14H24N2S. The van der Waals surface area contributed by atoms with Gasteiger partial charge in [-0.05, 0) is 30.3 Å². The molecule has 17 heavy (non-hydrogen) atoms. The van der Waals surface area contributed by atoms with Crippen molar-refractivity contribution in [2.24, 2.45) is 0 Å². The van der Waals surface area contributed by atoms with Crippen LogP contribution in [0, 0.1) is 0 Å². The van der Waals surface area contributed by atoms with Crippen LogP contribution in [0.15, 0.2) is 24.3 Å². The molecule has 1 aromatic carbocycles. The zero-order valence-corrected chi connectivity index (χ0v) is 11.8. The minimum absolute atomic E-state index is 0.914. The van der Waals surface area contributed by atoms with Gasteiger partial charge in [-0.2, -0.15) is 11.8 Å². The molecule has 0 spiro atoms. The Morgan fingerprint density at radius 3 is 2.59 bits per heavy atom. The molecule has 0 bridgehead atoms. The van der Waals surface area contributed by atoms with Gasteiger partial charge in [0.2, 0.25) is 0 Å². The maximum absolute atomic E-state index is 5.99. The van der Waals surface area contributed by atoms with Gasteiger partial charge in [0, 0.05) is 24.5 Å². The summed E-state index contributed by atoms with van der Waals surface area (Å²) in [5.74, 6) is 2.41. The maximum atomic E-state index is 5.99. The van der Waals surface area contributed by atoms with Gasteiger partial charge in [0.05, 0.1) is 0 Å². The molecule has 0 atom stereocenters. The van der Waals surface area contributed by atoms with Crippen molar-refractivity contribution in [2.75, 3.05) is 30.3 Å². The average molecular weight is 252 g/mol. The van der Waals surface area contributed by atoms with Gasteiger partial charge in [0.25, 0.3) is 0 Å². The predicted octanol–water partition coefficient (Wildman–Crippen LogP) is 3.23. The highest BCUT2D eigenvalue weighted by molar-refractivity contribution is 7.99. The van der Waals surface area contributed by atoms with Crippen LogP contribution in [0.4, 0.5) is 5.69 Å². The van der Waals surface area contributed by atoms with Gasteiger partial charge in [-0.15, -0.1) is 0 Å². The Hall–Kier alpha value is -0.670. The summed E-state index contributed by atoms with van der Waals surface area (Å²) in [5.41, 5.74) is 8.15. The molecule has 2 N–H and O–H groups in total. The topological polar surface area (TPSA) is 29.3 Å². The lowest BCUT2D eigenvalue weighted by Crippen LogP contribution is -2.27. The van der Waals surface area contributed by atoms with E-state index >= 15 is 0 Å². The van der Waals surface area contributed by atoms with Crippen LogP contribution in [0.25, 0.3) is 0 Å². The Balaban J connectivity index is 2.50. The predicted molar refractivity (Wildman–Crippen MR) is 79.4 cm³/mol. The molecule has 0 unspecified atom stereocenters. The van der Waals surface area contributed by atoms with Gasteiger partial charge in [-0.25, -0.2) is 0 Å². The third kappa shape index (κ3) is 5.46. The SMILES string of the molecule is CCCN(CCSCC)Cc1ccccc1N. The average Bonchev–Trinajstić information content (AvgIpc) is 2.32. The largest absolute Gasteiger partial charge is 0.398 e.